The zero-order valence-electron chi connectivity index (χ0n) is 13.5. The molecule has 0 saturated carbocycles. The Labute approximate surface area is 150 Å². The number of aromatic nitrogens is 1. The van der Waals surface area contributed by atoms with Crippen LogP contribution in [-0.4, -0.2) is 42.0 Å². The summed E-state index contributed by atoms with van der Waals surface area (Å²) in [6.45, 7) is 2.03. The molecular formula is C18H20BrN3O2. The Hall–Kier alpha value is -1.92. The number of nitrogens with zero attached hydrogens (tertiary/aromatic N) is 2. The Bertz CT molecular complexity index is 698. The quantitative estimate of drug-likeness (QED) is 0.869. The van der Waals surface area contributed by atoms with E-state index in [1.165, 1.54) is 0 Å². The van der Waals surface area contributed by atoms with Crippen LogP contribution in [0.25, 0.3) is 0 Å². The number of pyridine rings is 1. The summed E-state index contributed by atoms with van der Waals surface area (Å²) in [6.07, 6.45) is 3.52. The van der Waals surface area contributed by atoms with Crippen LogP contribution in [0.4, 0.5) is 0 Å². The molecule has 1 aliphatic heterocycles. The molecule has 126 valence electrons. The smallest absolute Gasteiger partial charge is 0.253 e. The molecule has 1 fully saturated rings. The van der Waals surface area contributed by atoms with Gasteiger partial charge >= 0.3 is 0 Å². The summed E-state index contributed by atoms with van der Waals surface area (Å²) >= 11 is 3.40. The van der Waals surface area contributed by atoms with Gasteiger partial charge in [-0.15, -0.1) is 0 Å². The number of hydrogen-bond acceptors (Lipinski definition) is 4. The predicted molar refractivity (Wildman–Crippen MR) is 96.4 cm³/mol. The number of nitrogens with one attached hydrogen (secondary N) is 1. The fourth-order valence-electron chi connectivity index (χ4n) is 2.65. The van der Waals surface area contributed by atoms with Crippen molar-refractivity contribution >= 4 is 21.8 Å². The fourth-order valence-corrected chi connectivity index (χ4v) is 3.03. The van der Waals surface area contributed by atoms with Crippen LogP contribution in [0.2, 0.25) is 0 Å². The molecule has 0 bridgehead atoms. The first-order valence-corrected chi connectivity index (χ1v) is 8.78. The molecule has 1 N–H and O–H groups in total. The van der Waals surface area contributed by atoms with Crippen LogP contribution in [0, 0.1) is 0 Å². The van der Waals surface area contributed by atoms with Crippen LogP contribution in [0.1, 0.15) is 23.2 Å². The molecule has 0 unspecified atom stereocenters. The zero-order chi connectivity index (χ0) is 16.9. The van der Waals surface area contributed by atoms with Crippen molar-refractivity contribution in [2.45, 2.75) is 18.9 Å². The Morgan fingerprint density at radius 2 is 2.08 bits per heavy atom. The number of likely N-dealkylation sites (tertiary alicyclic amines) is 1. The second kappa shape index (κ2) is 7.77. The van der Waals surface area contributed by atoms with Gasteiger partial charge in [-0.05, 0) is 57.2 Å². The maximum atomic E-state index is 12.3. The van der Waals surface area contributed by atoms with Crippen molar-refractivity contribution in [3.63, 3.8) is 0 Å². The van der Waals surface area contributed by atoms with Crippen molar-refractivity contribution < 1.29 is 9.53 Å². The van der Waals surface area contributed by atoms with Crippen LogP contribution in [-0.2, 0) is 0 Å². The van der Waals surface area contributed by atoms with Gasteiger partial charge < -0.3 is 15.0 Å². The van der Waals surface area contributed by atoms with Gasteiger partial charge in [-0.2, -0.15) is 0 Å². The van der Waals surface area contributed by atoms with Gasteiger partial charge in [-0.3, -0.25) is 4.79 Å². The number of hydrogen-bond donors (Lipinski definition) is 1. The normalized spacial score (nSPS) is 15.9. The van der Waals surface area contributed by atoms with E-state index >= 15 is 0 Å². The molecule has 0 radical (unpaired) electrons. The highest BCUT2D eigenvalue weighted by Crippen LogP contribution is 2.23. The van der Waals surface area contributed by atoms with E-state index in [2.05, 4.69) is 38.2 Å². The number of amides is 1. The highest BCUT2D eigenvalue weighted by atomic mass is 79.9. The molecule has 1 amide bonds. The number of ether oxygens (including phenoxy) is 1. The van der Waals surface area contributed by atoms with Crippen molar-refractivity contribution in [1.82, 2.24) is 15.2 Å². The number of carbonyl (C=O) groups is 1. The first-order valence-electron chi connectivity index (χ1n) is 7.99. The van der Waals surface area contributed by atoms with Crippen molar-refractivity contribution in [1.29, 1.82) is 0 Å². The third kappa shape index (κ3) is 4.55. The molecule has 1 aromatic carbocycles. The van der Waals surface area contributed by atoms with Gasteiger partial charge in [0.15, 0.2) is 0 Å². The number of halogens is 1. The summed E-state index contributed by atoms with van der Waals surface area (Å²) < 4.78 is 6.62. The lowest BCUT2D eigenvalue weighted by molar-refractivity contribution is 0.0916. The second-order valence-corrected chi connectivity index (χ2v) is 6.91. The lowest BCUT2D eigenvalue weighted by atomic mass is 10.1. The van der Waals surface area contributed by atoms with E-state index in [1.807, 2.05) is 24.3 Å². The van der Waals surface area contributed by atoms with Gasteiger partial charge in [0.25, 0.3) is 5.91 Å². The average Bonchev–Trinajstić information content (AvgIpc) is 2.57. The zero-order valence-corrected chi connectivity index (χ0v) is 15.1. The lowest BCUT2D eigenvalue weighted by Gasteiger charge is -2.29. The highest BCUT2D eigenvalue weighted by molar-refractivity contribution is 9.10. The van der Waals surface area contributed by atoms with Gasteiger partial charge in [0.2, 0.25) is 5.88 Å². The third-order valence-electron chi connectivity index (χ3n) is 4.07. The molecule has 2 heterocycles. The van der Waals surface area contributed by atoms with E-state index in [-0.39, 0.29) is 11.9 Å². The van der Waals surface area contributed by atoms with Gasteiger partial charge in [0.1, 0.15) is 5.75 Å². The molecule has 0 spiro atoms. The highest BCUT2D eigenvalue weighted by Gasteiger charge is 2.19. The molecule has 3 rings (SSSR count). The standard InChI is InChI=1S/C18H20BrN3O2/c1-22-9-7-15(8-10-22)21-18(23)13-5-6-17(20-12-13)24-16-4-2-3-14(19)11-16/h2-6,11-12,15H,7-10H2,1H3,(H,21,23). The topological polar surface area (TPSA) is 54.5 Å². The van der Waals surface area contributed by atoms with Crippen LogP contribution < -0.4 is 10.1 Å². The van der Waals surface area contributed by atoms with Crippen LogP contribution in [0.3, 0.4) is 0 Å². The number of benzene rings is 1. The number of carbonyl (C=O) groups excluding carboxylic acids is 1. The predicted octanol–water partition coefficient (Wildman–Crippen LogP) is 3.46. The maximum Gasteiger partial charge on any atom is 0.253 e. The van der Waals surface area contributed by atoms with Gasteiger partial charge in [0, 0.05) is 22.8 Å². The maximum absolute atomic E-state index is 12.3. The molecule has 1 saturated heterocycles. The summed E-state index contributed by atoms with van der Waals surface area (Å²) in [4.78, 5) is 18.8. The van der Waals surface area contributed by atoms with E-state index in [0.29, 0.717) is 17.2 Å². The van der Waals surface area contributed by atoms with E-state index < -0.39 is 0 Å². The first-order chi connectivity index (χ1) is 11.6. The van der Waals surface area contributed by atoms with Crippen molar-refractivity contribution in [3.05, 3.63) is 52.6 Å². The molecule has 1 aromatic heterocycles. The number of piperidine rings is 1. The van der Waals surface area contributed by atoms with E-state index in [9.17, 15) is 4.79 Å². The minimum Gasteiger partial charge on any atom is -0.439 e. The minimum atomic E-state index is -0.0777. The molecule has 0 aliphatic carbocycles. The van der Waals surface area contributed by atoms with Gasteiger partial charge in [-0.1, -0.05) is 22.0 Å². The fraction of sp³-hybridized carbons (Fsp3) is 0.333. The molecule has 2 aromatic rings. The van der Waals surface area contributed by atoms with E-state index in [4.69, 9.17) is 4.74 Å². The van der Waals surface area contributed by atoms with E-state index in [1.54, 1.807) is 18.3 Å². The van der Waals surface area contributed by atoms with Crippen LogP contribution in [0.5, 0.6) is 11.6 Å². The van der Waals surface area contributed by atoms with E-state index in [0.717, 1.165) is 30.4 Å². The van der Waals surface area contributed by atoms with Crippen molar-refractivity contribution in [2.75, 3.05) is 20.1 Å². The first kappa shape index (κ1) is 16.9. The average molecular weight is 390 g/mol. The minimum absolute atomic E-state index is 0.0777. The van der Waals surface area contributed by atoms with Gasteiger partial charge in [0.05, 0.1) is 5.56 Å². The summed E-state index contributed by atoms with van der Waals surface area (Å²) in [5, 5.41) is 3.08. The molecule has 24 heavy (non-hydrogen) atoms. The second-order valence-electron chi connectivity index (χ2n) is 6.00. The molecule has 1 aliphatic rings. The van der Waals surface area contributed by atoms with Crippen LogP contribution >= 0.6 is 15.9 Å². The van der Waals surface area contributed by atoms with Gasteiger partial charge in [-0.25, -0.2) is 4.98 Å². The van der Waals surface area contributed by atoms with Crippen LogP contribution in [0.15, 0.2) is 47.1 Å². The Morgan fingerprint density at radius 3 is 2.75 bits per heavy atom. The van der Waals surface area contributed by atoms with Crippen molar-refractivity contribution in [3.8, 4) is 11.6 Å². The summed E-state index contributed by atoms with van der Waals surface area (Å²) in [5.41, 5.74) is 0.551. The summed E-state index contributed by atoms with van der Waals surface area (Å²) in [5.74, 6) is 1.08. The SMILES string of the molecule is CN1CCC(NC(=O)c2ccc(Oc3cccc(Br)c3)nc2)CC1. The molecule has 5 nitrogen and oxygen atoms in total. The molecule has 6 heteroatoms. The van der Waals surface area contributed by atoms with Crippen molar-refractivity contribution in [2.24, 2.45) is 0 Å². The monoisotopic (exact) mass is 389 g/mol. The Balaban J connectivity index is 1.58. The largest absolute Gasteiger partial charge is 0.439 e. The third-order valence-corrected chi connectivity index (χ3v) is 4.56. The summed E-state index contributed by atoms with van der Waals surface area (Å²) in [7, 11) is 2.10. The Kier molecular flexibility index (Phi) is 5.48. The Morgan fingerprint density at radius 1 is 1.29 bits per heavy atom. The summed E-state index contributed by atoms with van der Waals surface area (Å²) in [6, 6.07) is 11.2. The molecular weight excluding hydrogens is 370 g/mol. The molecule has 0 atom stereocenters. The lowest BCUT2D eigenvalue weighted by Crippen LogP contribution is -2.43. The number of rotatable bonds is 4.